The number of aliphatic carboxylic acids is 1. The predicted octanol–water partition coefficient (Wildman–Crippen LogP) is 0.490. The summed E-state index contributed by atoms with van der Waals surface area (Å²) in [5, 5.41) is 8.98. The third-order valence-corrected chi connectivity index (χ3v) is 3.70. The molecule has 1 aliphatic rings. The molecule has 0 aliphatic carbocycles. The van der Waals surface area contributed by atoms with Gasteiger partial charge in [-0.25, -0.2) is 4.79 Å². The Hall–Kier alpha value is -0.750. The van der Waals surface area contributed by atoms with Crippen LogP contribution >= 0.6 is 11.8 Å². The maximum atomic E-state index is 12.1. The third kappa shape index (κ3) is 2.68. The molecule has 0 saturated carbocycles. The smallest absolute Gasteiger partial charge is 0.327 e. The molecule has 1 aliphatic heterocycles. The first-order valence-electron chi connectivity index (χ1n) is 5.30. The third-order valence-electron chi connectivity index (χ3n) is 2.69. The van der Waals surface area contributed by atoms with Crippen LogP contribution in [0.4, 0.5) is 0 Å². The molecule has 6 heteroatoms. The molecule has 3 N–H and O–H groups in total. The van der Waals surface area contributed by atoms with Gasteiger partial charge in [0.2, 0.25) is 5.91 Å². The van der Waals surface area contributed by atoms with Crippen LogP contribution in [0.1, 0.15) is 26.7 Å². The van der Waals surface area contributed by atoms with Gasteiger partial charge in [0.15, 0.2) is 0 Å². The van der Waals surface area contributed by atoms with E-state index in [4.69, 9.17) is 10.8 Å². The summed E-state index contributed by atoms with van der Waals surface area (Å²) in [4.78, 5) is 24.4. The van der Waals surface area contributed by atoms with Crippen molar-refractivity contribution in [3.05, 3.63) is 0 Å². The van der Waals surface area contributed by atoms with Gasteiger partial charge in [0, 0.05) is 5.75 Å². The summed E-state index contributed by atoms with van der Waals surface area (Å²) in [6, 6.07) is -0.725. The Morgan fingerprint density at radius 2 is 2.25 bits per heavy atom. The molecule has 1 fully saturated rings. The fourth-order valence-corrected chi connectivity index (χ4v) is 2.95. The molecule has 0 radical (unpaired) electrons. The Morgan fingerprint density at radius 3 is 2.75 bits per heavy atom. The van der Waals surface area contributed by atoms with Crippen molar-refractivity contribution >= 4 is 23.6 Å². The van der Waals surface area contributed by atoms with Crippen molar-refractivity contribution < 1.29 is 14.7 Å². The van der Waals surface area contributed by atoms with E-state index in [-0.39, 0.29) is 5.91 Å². The van der Waals surface area contributed by atoms with Crippen LogP contribution in [0.2, 0.25) is 0 Å². The molecular weight excluding hydrogens is 228 g/mol. The molecule has 16 heavy (non-hydrogen) atoms. The SMILES string of the molecule is CCCC(C)(N)C(=O)N1CSC[C@H]1C(=O)O. The van der Waals surface area contributed by atoms with E-state index in [1.54, 1.807) is 6.92 Å². The van der Waals surface area contributed by atoms with E-state index >= 15 is 0 Å². The molecule has 92 valence electrons. The highest BCUT2D eigenvalue weighted by Crippen LogP contribution is 2.25. The monoisotopic (exact) mass is 246 g/mol. The molecule has 0 spiro atoms. The topological polar surface area (TPSA) is 83.6 Å². The van der Waals surface area contributed by atoms with Gasteiger partial charge in [-0.15, -0.1) is 11.8 Å². The van der Waals surface area contributed by atoms with Crippen LogP contribution in [0.5, 0.6) is 0 Å². The Bertz CT molecular complexity index is 294. The molecule has 5 nitrogen and oxygen atoms in total. The molecule has 0 aromatic carbocycles. The zero-order chi connectivity index (χ0) is 12.3. The molecule has 1 rings (SSSR count). The number of nitrogens with two attached hydrogens (primary N) is 1. The van der Waals surface area contributed by atoms with Crippen LogP contribution in [-0.2, 0) is 9.59 Å². The molecule has 1 unspecified atom stereocenters. The molecule has 0 aromatic heterocycles. The van der Waals surface area contributed by atoms with E-state index in [9.17, 15) is 9.59 Å². The fraction of sp³-hybridized carbons (Fsp3) is 0.800. The molecule has 1 amide bonds. The minimum atomic E-state index is -0.953. The highest BCUT2D eigenvalue weighted by Gasteiger charge is 2.40. The number of thioether (sulfide) groups is 1. The Morgan fingerprint density at radius 1 is 1.62 bits per heavy atom. The lowest BCUT2D eigenvalue weighted by molar-refractivity contribution is -0.149. The number of carboxylic acids is 1. The van der Waals surface area contributed by atoms with E-state index in [1.165, 1.54) is 16.7 Å². The van der Waals surface area contributed by atoms with Gasteiger partial charge in [0.1, 0.15) is 6.04 Å². The van der Waals surface area contributed by atoms with Gasteiger partial charge in [-0.1, -0.05) is 13.3 Å². The van der Waals surface area contributed by atoms with Gasteiger partial charge in [0.25, 0.3) is 0 Å². The number of nitrogens with zero attached hydrogens (tertiary/aromatic N) is 1. The lowest BCUT2D eigenvalue weighted by Gasteiger charge is -2.30. The van der Waals surface area contributed by atoms with E-state index in [0.717, 1.165) is 6.42 Å². The number of carboxylic acid groups (broad SMARTS) is 1. The summed E-state index contributed by atoms with van der Waals surface area (Å²) in [6.07, 6.45) is 1.37. The van der Waals surface area contributed by atoms with Gasteiger partial charge in [-0.05, 0) is 13.3 Å². The highest BCUT2D eigenvalue weighted by molar-refractivity contribution is 7.99. The van der Waals surface area contributed by atoms with Crippen molar-refractivity contribution in [2.45, 2.75) is 38.3 Å². The summed E-state index contributed by atoms with van der Waals surface area (Å²) < 4.78 is 0. The summed E-state index contributed by atoms with van der Waals surface area (Å²) in [5.41, 5.74) is 4.97. The minimum Gasteiger partial charge on any atom is -0.480 e. The molecule has 0 aromatic rings. The van der Waals surface area contributed by atoms with Crippen molar-refractivity contribution in [1.29, 1.82) is 0 Å². The second kappa shape index (κ2) is 5.05. The van der Waals surface area contributed by atoms with E-state index in [2.05, 4.69) is 0 Å². The second-order valence-electron chi connectivity index (χ2n) is 4.30. The normalized spacial score (nSPS) is 24.2. The Balaban J connectivity index is 2.76. The lowest BCUT2D eigenvalue weighted by atomic mass is 9.95. The molecule has 0 bridgehead atoms. The van der Waals surface area contributed by atoms with Crippen molar-refractivity contribution in [2.24, 2.45) is 5.73 Å². The largest absolute Gasteiger partial charge is 0.480 e. The summed E-state index contributed by atoms with van der Waals surface area (Å²) in [6.45, 7) is 3.62. The fourth-order valence-electron chi connectivity index (χ4n) is 1.80. The number of rotatable bonds is 4. The van der Waals surface area contributed by atoms with Crippen molar-refractivity contribution in [3.8, 4) is 0 Å². The first-order valence-corrected chi connectivity index (χ1v) is 6.46. The van der Waals surface area contributed by atoms with Crippen LogP contribution in [0.15, 0.2) is 0 Å². The Labute approximate surface area is 99.4 Å². The summed E-state index contributed by atoms with van der Waals surface area (Å²) in [5.74, 6) is -0.340. The average molecular weight is 246 g/mol. The van der Waals surface area contributed by atoms with Crippen LogP contribution in [0.25, 0.3) is 0 Å². The standard InChI is InChI=1S/C10H18N2O3S/c1-3-4-10(2,11)9(15)12-6-16-5-7(12)8(13)14/h7H,3-6,11H2,1-2H3,(H,13,14)/t7-,10?/m0/s1. The number of carbonyl (C=O) groups excluding carboxylic acids is 1. The van der Waals surface area contributed by atoms with Crippen LogP contribution in [0, 0.1) is 0 Å². The molecule has 2 atom stereocenters. The van der Waals surface area contributed by atoms with Crippen molar-refractivity contribution in [3.63, 3.8) is 0 Å². The van der Waals surface area contributed by atoms with E-state index in [1.807, 2.05) is 6.92 Å². The van der Waals surface area contributed by atoms with Gasteiger partial charge >= 0.3 is 5.97 Å². The van der Waals surface area contributed by atoms with Gasteiger partial charge in [-0.2, -0.15) is 0 Å². The van der Waals surface area contributed by atoms with Crippen molar-refractivity contribution in [1.82, 2.24) is 4.90 Å². The summed E-state index contributed by atoms with van der Waals surface area (Å²) >= 11 is 1.45. The highest BCUT2D eigenvalue weighted by atomic mass is 32.2. The van der Waals surface area contributed by atoms with Gasteiger partial charge in [-0.3, -0.25) is 4.79 Å². The van der Waals surface area contributed by atoms with Crippen LogP contribution in [0.3, 0.4) is 0 Å². The number of hydrogen-bond acceptors (Lipinski definition) is 4. The quantitative estimate of drug-likeness (QED) is 0.754. The lowest BCUT2D eigenvalue weighted by Crippen LogP contribution is -2.56. The van der Waals surface area contributed by atoms with Crippen molar-refractivity contribution in [2.75, 3.05) is 11.6 Å². The number of hydrogen-bond donors (Lipinski definition) is 2. The van der Waals surface area contributed by atoms with E-state index in [0.29, 0.717) is 18.1 Å². The predicted molar refractivity (Wildman–Crippen MR) is 63.1 cm³/mol. The Kier molecular flexibility index (Phi) is 4.21. The zero-order valence-electron chi connectivity index (χ0n) is 9.60. The molecular formula is C10H18N2O3S. The van der Waals surface area contributed by atoms with E-state index < -0.39 is 17.6 Å². The second-order valence-corrected chi connectivity index (χ2v) is 5.30. The minimum absolute atomic E-state index is 0.258. The van der Waals surface area contributed by atoms with Crippen LogP contribution < -0.4 is 5.73 Å². The first-order chi connectivity index (χ1) is 7.40. The zero-order valence-corrected chi connectivity index (χ0v) is 10.4. The average Bonchev–Trinajstić information content (AvgIpc) is 2.64. The number of carbonyl (C=O) groups is 2. The molecule has 1 saturated heterocycles. The van der Waals surface area contributed by atoms with Crippen LogP contribution in [-0.4, -0.2) is 45.1 Å². The molecule has 1 heterocycles. The first kappa shape index (κ1) is 13.3. The maximum Gasteiger partial charge on any atom is 0.327 e. The maximum absolute atomic E-state index is 12.1. The number of amides is 1. The van der Waals surface area contributed by atoms with Gasteiger partial charge in [0.05, 0.1) is 11.4 Å². The van der Waals surface area contributed by atoms with Gasteiger partial charge < -0.3 is 15.7 Å². The summed E-state index contributed by atoms with van der Waals surface area (Å²) in [7, 11) is 0.